The minimum atomic E-state index is -4.50. The summed E-state index contributed by atoms with van der Waals surface area (Å²) < 4.78 is 51.4. The van der Waals surface area contributed by atoms with Gasteiger partial charge in [-0.05, 0) is 80.8 Å². The van der Waals surface area contributed by atoms with E-state index < -0.39 is 17.8 Å². The third kappa shape index (κ3) is 6.34. The number of amides is 1. The van der Waals surface area contributed by atoms with E-state index in [1.54, 1.807) is 21.0 Å². The van der Waals surface area contributed by atoms with Crippen molar-refractivity contribution in [3.05, 3.63) is 52.8 Å². The third-order valence-electron chi connectivity index (χ3n) is 8.16. The van der Waals surface area contributed by atoms with Gasteiger partial charge in [0.05, 0.1) is 37.4 Å². The predicted molar refractivity (Wildman–Crippen MR) is 151 cm³/mol. The molecule has 8 nitrogen and oxygen atoms in total. The first-order valence-electron chi connectivity index (χ1n) is 14.0. The van der Waals surface area contributed by atoms with Gasteiger partial charge in [0.2, 0.25) is 5.91 Å². The standard InChI is InChI=1S/C30H36F3N5O3/c1-17(21-12-22(30(31,32)33)14-23(34)13-21)35-28-25-15-24(27(40-3)16-26(25)36-18(2)37-28)19-4-6-20(7-5-19)29(39)38-8-10-41-11-9-38/h12-17,19-20H,4-11,34H2,1-3H3,(H,35,36,37)/t17-,19-,20-/m1/s1. The fraction of sp³-hybridized carbons (Fsp3) is 0.500. The Labute approximate surface area is 237 Å². The van der Waals surface area contributed by atoms with Crippen LogP contribution in [0.15, 0.2) is 30.3 Å². The van der Waals surface area contributed by atoms with Crippen molar-refractivity contribution in [1.82, 2.24) is 14.9 Å². The molecule has 0 radical (unpaired) electrons. The molecule has 2 aliphatic rings. The van der Waals surface area contributed by atoms with Gasteiger partial charge in [-0.3, -0.25) is 4.79 Å². The van der Waals surface area contributed by atoms with Crippen molar-refractivity contribution in [3.63, 3.8) is 0 Å². The Morgan fingerprint density at radius 3 is 2.46 bits per heavy atom. The van der Waals surface area contributed by atoms with Gasteiger partial charge >= 0.3 is 6.18 Å². The summed E-state index contributed by atoms with van der Waals surface area (Å²) in [5.41, 5.74) is 7.15. The van der Waals surface area contributed by atoms with Crippen LogP contribution in [-0.4, -0.2) is 54.2 Å². The maximum absolute atomic E-state index is 13.4. The van der Waals surface area contributed by atoms with Crippen LogP contribution < -0.4 is 15.8 Å². The topological polar surface area (TPSA) is 103 Å². The molecule has 0 bridgehead atoms. The number of aromatic nitrogens is 2. The van der Waals surface area contributed by atoms with E-state index in [0.717, 1.165) is 54.5 Å². The number of hydrogen-bond donors (Lipinski definition) is 2. The molecule has 1 amide bonds. The molecule has 1 atom stereocenters. The lowest BCUT2D eigenvalue weighted by atomic mass is 9.77. The number of nitrogens with two attached hydrogens (primary N) is 1. The van der Waals surface area contributed by atoms with Crippen molar-refractivity contribution in [2.24, 2.45) is 5.92 Å². The molecule has 1 aromatic heterocycles. The molecule has 3 N–H and O–H groups in total. The van der Waals surface area contributed by atoms with E-state index in [-0.39, 0.29) is 23.4 Å². The number of hydrogen-bond acceptors (Lipinski definition) is 7. The molecule has 3 aromatic rings. The van der Waals surface area contributed by atoms with Gasteiger partial charge in [-0.1, -0.05) is 0 Å². The SMILES string of the molecule is COc1cc2nc(C)nc(N[C@H](C)c3cc(N)cc(C(F)(F)F)c3)c2cc1[C@H]1CC[C@H](C(=O)N2CCOCC2)CC1. The zero-order valence-electron chi connectivity index (χ0n) is 23.6. The highest BCUT2D eigenvalue weighted by molar-refractivity contribution is 5.91. The van der Waals surface area contributed by atoms with Gasteiger partial charge in [-0.25, -0.2) is 9.97 Å². The average Bonchev–Trinajstić information content (AvgIpc) is 2.95. The number of morpholine rings is 1. The van der Waals surface area contributed by atoms with Gasteiger partial charge in [0.15, 0.2) is 0 Å². The highest BCUT2D eigenvalue weighted by atomic mass is 19.4. The van der Waals surface area contributed by atoms with Crippen molar-refractivity contribution in [3.8, 4) is 5.75 Å². The number of alkyl halides is 3. The summed E-state index contributed by atoms with van der Waals surface area (Å²) in [6.45, 7) is 6.02. The van der Waals surface area contributed by atoms with Gasteiger partial charge in [0, 0.05) is 36.1 Å². The molecule has 5 rings (SSSR count). The number of fused-ring (bicyclic) bond motifs is 1. The van der Waals surface area contributed by atoms with Crippen molar-refractivity contribution >= 4 is 28.3 Å². The van der Waals surface area contributed by atoms with Crippen molar-refractivity contribution in [1.29, 1.82) is 0 Å². The molecule has 1 aliphatic carbocycles. The lowest BCUT2D eigenvalue weighted by Crippen LogP contribution is -2.44. The van der Waals surface area contributed by atoms with Gasteiger partial charge in [-0.15, -0.1) is 0 Å². The Bertz CT molecular complexity index is 1420. The van der Waals surface area contributed by atoms with E-state index in [0.29, 0.717) is 49.0 Å². The number of carbonyl (C=O) groups excluding carboxylic acids is 1. The van der Waals surface area contributed by atoms with Gasteiger partial charge in [0.1, 0.15) is 17.4 Å². The molecule has 1 saturated carbocycles. The second kappa shape index (κ2) is 11.7. The number of nitrogen functional groups attached to an aromatic ring is 1. The molecular formula is C30H36F3N5O3. The number of nitrogens with zero attached hydrogens (tertiary/aromatic N) is 3. The number of aryl methyl sites for hydroxylation is 1. The highest BCUT2D eigenvalue weighted by Crippen LogP contribution is 2.43. The van der Waals surface area contributed by atoms with Crippen molar-refractivity contribution in [2.75, 3.05) is 44.5 Å². The summed E-state index contributed by atoms with van der Waals surface area (Å²) in [4.78, 5) is 24.2. The fourth-order valence-corrected chi connectivity index (χ4v) is 5.97. The zero-order chi connectivity index (χ0) is 29.3. The second-order valence-corrected chi connectivity index (χ2v) is 11.0. The first-order chi connectivity index (χ1) is 19.5. The van der Waals surface area contributed by atoms with Crippen molar-refractivity contribution < 1.29 is 27.4 Å². The molecule has 0 unspecified atom stereocenters. The molecule has 2 heterocycles. The second-order valence-electron chi connectivity index (χ2n) is 11.0. The molecule has 0 spiro atoms. The Kier molecular flexibility index (Phi) is 8.26. The first-order valence-corrected chi connectivity index (χ1v) is 14.0. The molecule has 1 saturated heterocycles. The van der Waals surface area contributed by atoms with Crippen LogP contribution in [0.1, 0.15) is 67.1 Å². The third-order valence-corrected chi connectivity index (χ3v) is 8.16. The Morgan fingerprint density at radius 2 is 1.80 bits per heavy atom. The van der Waals surface area contributed by atoms with Crippen LogP contribution in [0.25, 0.3) is 10.9 Å². The van der Waals surface area contributed by atoms with Crippen LogP contribution in [0, 0.1) is 12.8 Å². The molecule has 220 valence electrons. The van der Waals surface area contributed by atoms with Crippen LogP contribution in [0.2, 0.25) is 0 Å². The van der Waals surface area contributed by atoms with E-state index >= 15 is 0 Å². The van der Waals surface area contributed by atoms with E-state index in [4.69, 9.17) is 15.2 Å². The smallest absolute Gasteiger partial charge is 0.416 e. The molecule has 2 fully saturated rings. The van der Waals surface area contributed by atoms with E-state index in [9.17, 15) is 18.0 Å². The monoisotopic (exact) mass is 571 g/mol. The summed E-state index contributed by atoms with van der Waals surface area (Å²) in [6, 6.07) is 6.98. The van der Waals surface area contributed by atoms with E-state index in [1.165, 1.54) is 6.07 Å². The number of ether oxygens (including phenoxy) is 2. The first kappa shape index (κ1) is 28.9. The van der Waals surface area contributed by atoms with Crippen LogP contribution in [0.4, 0.5) is 24.7 Å². The summed E-state index contributed by atoms with van der Waals surface area (Å²) in [5.74, 6) is 2.20. The average molecular weight is 572 g/mol. The summed E-state index contributed by atoms with van der Waals surface area (Å²) in [5, 5.41) is 4.05. The van der Waals surface area contributed by atoms with Crippen LogP contribution in [0.3, 0.4) is 0 Å². The minimum Gasteiger partial charge on any atom is -0.496 e. The highest BCUT2D eigenvalue weighted by Gasteiger charge is 2.33. The number of benzene rings is 2. The Balaban J connectivity index is 1.41. The van der Waals surface area contributed by atoms with Crippen LogP contribution in [-0.2, 0) is 15.7 Å². The fourth-order valence-electron chi connectivity index (χ4n) is 5.97. The zero-order valence-corrected chi connectivity index (χ0v) is 23.6. The van der Waals surface area contributed by atoms with E-state index in [2.05, 4.69) is 15.3 Å². The molecule has 41 heavy (non-hydrogen) atoms. The number of halogens is 3. The number of anilines is 2. The molecule has 2 aromatic carbocycles. The summed E-state index contributed by atoms with van der Waals surface area (Å²) in [7, 11) is 1.63. The molecule has 11 heteroatoms. The lowest BCUT2D eigenvalue weighted by molar-refractivity contribution is -0.140. The van der Waals surface area contributed by atoms with Crippen LogP contribution >= 0.6 is 0 Å². The Hall–Kier alpha value is -3.60. The molecular weight excluding hydrogens is 535 g/mol. The van der Waals surface area contributed by atoms with Gasteiger partial charge in [0.25, 0.3) is 0 Å². The number of carbonyl (C=O) groups is 1. The minimum absolute atomic E-state index is 0.0137. The van der Waals surface area contributed by atoms with Gasteiger partial charge in [-0.2, -0.15) is 13.2 Å². The van der Waals surface area contributed by atoms with E-state index in [1.807, 2.05) is 17.0 Å². The quantitative estimate of drug-likeness (QED) is 0.358. The van der Waals surface area contributed by atoms with Gasteiger partial charge < -0.3 is 25.4 Å². The number of nitrogens with one attached hydrogen (secondary N) is 1. The molecule has 1 aliphatic heterocycles. The Morgan fingerprint density at radius 1 is 1.10 bits per heavy atom. The van der Waals surface area contributed by atoms with Crippen LogP contribution in [0.5, 0.6) is 5.75 Å². The maximum Gasteiger partial charge on any atom is 0.416 e. The maximum atomic E-state index is 13.4. The van der Waals surface area contributed by atoms with Crippen molar-refractivity contribution in [2.45, 2.75) is 57.7 Å². The number of methoxy groups -OCH3 is 1. The largest absolute Gasteiger partial charge is 0.496 e. The predicted octanol–water partition coefficient (Wildman–Crippen LogP) is 5.85. The lowest BCUT2D eigenvalue weighted by Gasteiger charge is -2.34. The number of rotatable bonds is 6. The summed E-state index contributed by atoms with van der Waals surface area (Å²) >= 11 is 0. The summed E-state index contributed by atoms with van der Waals surface area (Å²) in [6.07, 6.45) is -1.22. The normalized spacial score (nSPS) is 20.6.